The van der Waals surface area contributed by atoms with E-state index in [1.807, 2.05) is 6.07 Å². The minimum absolute atomic E-state index is 0.184. The molecule has 0 atom stereocenters. The molecule has 1 aromatic carbocycles. The Morgan fingerprint density at radius 2 is 1.93 bits per heavy atom. The van der Waals surface area contributed by atoms with Gasteiger partial charge in [0, 0.05) is 6.42 Å². The van der Waals surface area contributed by atoms with Crippen LogP contribution in [0.15, 0.2) is 30.3 Å². The molecule has 0 saturated heterocycles. The van der Waals surface area contributed by atoms with Crippen LogP contribution in [0, 0.1) is 0 Å². The van der Waals surface area contributed by atoms with E-state index in [4.69, 9.17) is 14.9 Å². The number of aliphatic hydroxyl groups excluding tert-OH is 1. The summed E-state index contributed by atoms with van der Waals surface area (Å²) in [7, 11) is 0. The standard InChI is InChI=1S/C11H14O4/c12-10(13)7-4-8-11(14)15-9-5-2-1-3-6-9/h1-3,5-6,10,12-13H,4,7-8H2. The summed E-state index contributed by atoms with van der Waals surface area (Å²) in [5.41, 5.74) is 0. The maximum Gasteiger partial charge on any atom is 0.311 e. The smallest absolute Gasteiger partial charge is 0.311 e. The third-order valence-corrected chi connectivity index (χ3v) is 1.82. The summed E-state index contributed by atoms with van der Waals surface area (Å²) in [6, 6.07) is 8.78. The van der Waals surface area contributed by atoms with Gasteiger partial charge in [0.1, 0.15) is 5.75 Å². The van der Waals surface area contributed by atoms with Crippen LogP contribution < -0.4 is 4.74 Å². The molecule has 82 valence electrons. The highest BCUT2D eigenvalue weighted by Crippen LogP contribution is 2.10. The highest BCUT2D eigenvalue weighted by molar-refractivity contribution is 5.72. The van der Waals surface area contributed by atoms with Gasteiger partial charge in [-0.25, -0.2) is 0 Å². The van der Waals surface area contributed by atoms with Crippen LogP contribution in [0.3, 0.4) is 0 Å². The van der Waals surface area contributed by atoms with E-state index < -0.39 is 6.29 Å². The molecule has 4 nitrogen and oxygen atoms in total. The Morgan fingerprint density at radius 1 is 1.27 bits per heavy atom. The van der Waals surface area contributed by atoms with Crippen LogP contribution in [0.2, 0.25) is 0 Å². The van der Waals surface area contributed by atoms with Crippen LogP contribution in [-0.2, 0) is 4.79 Å². The summed E-state index contributed by atoms with van der Waals surface area (Å²) >= 11 is 0. The molecule has 0 fully saturated rings. The summed E-state index contributed by atoms with van der Waals surface area (Å²) in [6.07, 6.45) is -0.575. The van der Waals surface area contributed by atoms with Crippen LogP contribution in [0.1, 0.15) is 19.3 Å². The Morgan fingerprint density at radius 3 is 2.53 bits per heavy atom. The molecule has 0 radical (unpaired) electrons. The van der Waals surface area contributed by atoms with Crippen molar-refractivity contribution in [2.75, 3.05) is 0 Å². The number of ether oxygens (including phenoxy) is 1. The van der Waals surface area contributed by atoms with Crippen molar-refractivity contribution >= 4 is 5.97 Å². The van der Waals surface area contributed by atoms with Crippen LogP contribution in [0.5, 0.6) is 5.75 Å². The predicted molar refractivity (Wildman–Crippen MR) is 54.2 cm³/mol. The van der Waals surface area contributed by atoms with E-state index in [0.717, 1.165) is 0 Å². The van der Waals surface area contributed by atoms with E-state index in [1.54, 1.807) is 24.3 Å². The second-order valence-electron chi connectivity index (χ2n) is 3.16. The zero-order valence-corrected chi connectivity index (χ0v) is 8.30. The van der Waals surface area contributed by atoms with Crippen molar-refractivity contribution in [3.63, 3.8) is 0 Å². The Labute approximate surface area is 88.1 Å². The summed E-state index contributed by atoms with van der Waals surface area (Å²) in [5, 5.41) is 17.1. The fraction of sp³-hybridized carbons (Fsp3) is 0.364. The van der Waals surface area contributed by atoms with E-state index in [1.165, 1.54) is 0 Å². The fourth-order valence-corrected chi connectivity index (χ4v) is 1.10. The number of carbonyl (C=O) groups excluding carboxylic acids is 1. The van der Waals surface area contributed by atoms with Crippen molar-refractivity contribution in [1.82, 2.24) is 0 Å². The predicted octanol–water partition coefficient (Wildman–Crippen LogP) is 1.07. The number of rotatable bonds is 5. The Hall–Kier alpha value is -1.39. The van der Waals surface area contributed by atoms with Gasteiger partial charge in [-0.1, -0.05) is 18.2 Å². The number of hydrogen-bond donors (Lipinski definition) is 2. The second kappa shape index (κ2) is 6.16. The van der Waals surface area contributed by atoms with Gasteiger partial charge in [0.05, 0.1) is 0 Å². The first-order chi connectivity index (χ1) is 7.18. The van der Waals surface area contributed by atoms with Crippen molar-refractivity contribution < 1.29 is 19.7 Å². The number of carbonyl (C=O) groups is 1. The van der Waals surface area contributed by atoms with Crippen molar-refractivity contribution in [2.45, 2.75) is 25.6 Å². The average molecular weight is 210 g/mol. The van der Waals surface area contributed by atoms with Gasteiger partial charge < -0.3 is 14.9 Å². The van der Waals surface area contributed by atoms with Gasteiger partial charge in [0.2, 0.25) is 0 Å². The van der Waals surface area contributed by atoms with Gasteiger partial charge >= 0.3 is 5.97 Å². The second-order valence-corrected chi connectivity index (χ2v) is 3.16. The monoisotopic (exact) mass is 210 g/mol. The average Bonchev–Trinajstić information content (AvgIpc) is 2.18. The molecule has 2 N–H and O–H groups in total. The Balaban J connectivity index is 2.25. The maximum absolute atomic E-state index is 11.2. The topological polar surface area (TPSA) is 66.8 Å². The van der Waals surface area contributed by atoms with Crippen LogP contribution in [0.4, 0.5) is 0 Å². The molecule has 1 aromatic rings. The van der Waals surface area contributed by atoms with Crippen LogP contribution in [-0.4, -0.2) is 22.5 Å². The third kappa shape index (κ3) is 5.15. The minimum Gasteiger partial charge on any atom is -0.427 e. The summed E-state index contributed by atoms with van der Waals surface area (Å²) in [5.74, 6) is 0.147. The molecule has 0 bridgehead atoms. The number of benzene rings is 1. The van der Waals surface area contributed by atoms with E-state index in [2.05, 4.69) is 0 Å². The third-order valence-electron chi connectivity index (χ3n) is 1.82. The summed E-state index contributed by atoms with van der Waals surface area (Å²) in [4.78, 5) is 11.2. The lowest BCUT2D eigenvalue weighted by molar-refractivity contribution is -0.134. The summed E-state index contributed by atoms with van der Waals surface area (Å²) < 4.78 is 4.99. The summed E-state index contributed by atoms with van der Waals surface area (Å²) in [6.45, 7) is 0. The molecule has 0 amide bonds. The Kier molecular flexibility index (Phi) is 4.80. The lowest BCUT2D eigenvalue weighted by Gasteiger charge is -2.04. The lowest BCUT2D eigenvalue weighted by Crippen LogP contribution is -2.10. The van der Waals surface area contributed by atoms with Gasteiger partial charge in [-0.05, 0) is 25.0 Å². The fourth-order valence-electron chi connectivity index (χ4n) is 1.10. The van der Waals surface area contributed by atoms with E-state index in [0.29, 0.717) is 12.2 Å². The molecule has 0 spiro atoms. The highest BCUT2D eigenvalue weighted by atomic mass is 16.5. The van der Waals surface area contributed by atoms with Crippen molar-refractivity contribution in [1.29, 1.82) is 0 Å². The highest BCUT2D eigenvalue weighted by Gasteiger charge is 2.05. The first kappa shape index (κ1) is 11.7. The maximum atomic E-state index is 11.2. The zero-order valence-electron chi connectivity index (χ0n) is 8.30. The number of aliphatic hydroxyl groups is 2. The molecule has 1 rings (SSSR count). The number of esters is 1. The van der Waals surface area contributed by atoms with Crippen molar-refractivity contribution in [3.8, 4) is 5.75 Å². The molecule has 0 aliphatic heterocycles. The number of hydrogen-bond acceptors (Lipinski definition) is 4. The molecule has 0 unspecified atom stereocenters. The first-order valence-corrected chi connectivity index (χ1v) is 4.80. The molecular weight excluding hydrogens is 196 g/mol. The zero-order chi connectivity index (χ0) is 11.1. The van der Waals surface area contributed by atoms with Gasteiger partial charge in [-0.3, -0.25) is 4.79 Å². The molecule has 0 aliphatic carbocycles. The normalized spacial score (nSPS) is 10.3. The van der Waals surface area contributed by atoms with Crippen molar-refractivity contribution in [3.05, 3.63) is 30.3 Å². The molecular formula is C11H14O4. The lowest BCUT2D eigenvalue weighted by atomic mass is 10.2. The van der Waals surface area contributed by atoms with E-state index in [9.17, 15) is 4.79 Å². The molecule has 4 heteroatoms. The quantitative estimate of drug-likeness (QED) is 0.433. The minimum atomic E-state index is -1.35. The molecule has 15 heavy (non-hydrogen) atoms. The first-order valence-electron chi connectivity index (χ1n) is 4.80. The largest absolute Gasteiger partial charge is 0.427 e. The van der Waals surface area contributed by atoms with Gasteiger partial charge in [-0.2, -0.15) is 0 Å². The molecule has 0 aliphatic rings. The van der Waals surface area contributed by atoms with Crippen LogP contribution in [0.25, 0.3) is 0 Å². The molecule has 0 saturated carbocycles. The van der Waals surface area contributed by atoms with Crippen molar-refractivity contribution in [2.24, 2.45) is 0 Å². The van der Waals surface area contributed by atoms with Gasteiger partial charge in [0.25, 0.3) is 0 Å². The van der Waals surface area contributed by atoms with Crippen LogP contribution >= 0.6 is 0 Å². The molecule has 0 heterocycles. The Bertz CT molecular complexity index is 295. The molecule has 0 aromatic heterocycles. The SMILES string of the molecule is O=C(CCCC(O)O)Oc1ccccc1. The van der Waals surface area contributed by atoms with E-state index >= 15 is 0 Å². The van der Waals surface area contributed by atoms with Gasteiger partial charge in [0.15, 0.2) is 6.29 Å². The van der Waals surface area contributed by atoms with E-state index in [-0.39, 0.29) is 18.8 Å². The van der Waals surface area contributed by atoms with Gasteiger partial charge in [-0.15, -0.1) is 0 Å². The number of para-hydroxylation sites is 1.